The molecule has 1 aromatic heterocycles. The SMILES string of the molecule is CC[C@H](C(=O)N1N=C(C)C[C@@]1(O)C(F)F)n1nc([N+](=O)[O-])cc1C. The standard InChI is InChI=1S/C13H17F2N5O4/c1-4-9(18-8(3)5-10(17-18)20(23)24)11(21)19-13(22,12(14)15)6-7(2)16-19/h5,9,12,22H,4,6H2,1-3H3/t9-,13-/m1/s1. The summed E-state index contributed by atoms with van der Waals surface area (Å²) in [5.74, 6) is -1.36. The normalized spacial score (nSPS) is 22.0. The van der Waals surface area contributed by atoms with Crippen molar-refractivity contribution in [1.29, 1.82) is 0 Å². The lowest BCUT2D eigenvalue weighted by Crippen LogP contribution is -2.53. The van der Waals surface area contributed by atoms with Crippen molar-refractivity contribution in [3.63, 3.8) is 0 Å². The molecule has 1 aromatic rings. The predicted molar refractivity (Wildman–Crippen MR) is 78.5 cm³/mol. The van der Waals surface area contributed by atoms with Gasteiger partial charge in [0.05, 0.1) is 16.9 Å². The number of hydrogen-bond acceptors (Lipinski definition) is 6. The number of rotatable bonds is 5. The van der Waals surface area contributed by atoms with Crippen LogP contribution in [-0.2, 0) is 4.79 Å². The third-order valence-electron chi connectivity index (χ3n) is 3.78. The molecule has 11 heteroatoms. The Morgan fingerprint density at radius 2 is 2.17 bits per heavy atom. The van der Waals surface area contributed by atoms with Gasteiger partial charge in [0.2, 0.25) is 5.72 Å². The minimum atomic E-state index is -3.21. The highest BCUT2D eigenvalue weighted by Crippen LogP contribution is 2.34. The van der Waals surface area contributed by atoms with E-state index in [0.29, 0.717) is 10.7 Å². The van der Waals surface area contributed by atoms with E-state index in [4.69, 9.17) is 0 Å². The van der Waals surface area contributed by atoms with Gasteiger partial charge < -0.3 is 15.2 Å². The molecule has 2 atom stereocenters. The van der Waals surface area contributed by atoms with Gasteiger partial charge in [-0.05, 0) is 25.2 Å². The summed E-state index contributed by atoms with van der Waals surface area (Å²) in [4.78, 5) is 22.8. The Balaban J connectivity index is 2.40. The first kappa shape index (κ1) is 17.9. The number of hydrogen-bond donors (Lipinski definition) is 1. The highest BCUT2D eigenvalue weighted by atomic mass is 19.3. The molecule has 0 spiro atoms. The summed E-state index contributed by atoms with van der Waals surface area (Å²) in [6, 6.07) is 0.0759. The van der Waals surface area contributed by atoms with Crippen LogP contribution in [0, 0.1) is 17.0 Å². The molecule has 1 aliphatic rings. The molecule has 0 saturated carbocycles. The molecule has 9 nitrogen and oxygen atoms in total. The van der Waals surface area contributed by atoms with E-state index in [-0.39, 0.29) is 12.1 Å². The zero-order chi connectivity index (χ0) is 18.2. The third kappa shape index (κ3) is 2.86. The maximum absolute atomic E-state index is 13.2. The summed E-state index contributed by atoms with van der Waals surface area (Å²) in [5, 5.41) is 28.8. The lowest BCUT2D eigenvalue weighted by atomic mass is 10.1. The number of aromatic nitrogens is 2. The maximum atomic E-state index is 13.2. The summed E-state index contributed by atoms with van der Waals surface area (Å²) < 4.78 is 27.6. The van der Waals surface area contributed by atoms with E-state index in [1.165, 1.54) is 19.9 Å². The Hall–Kier alpha value is -2.43. The monoisotopic (exact) mass is 345 g/mol. The van der Waals surface area contributed by atoms with Crippen LogP contribution in [0.5, 0.6) is 0 Å². The number of halogens is 2. The van der Waals surface area contributed by atoms with Crippen molar-refractivity contribution in [3.05, 3.63) is 21.9 Å². The first-order valence-corrected chi connectivity index (χ1v) is 7.21. The Morgan fingerprint density at radius 3 is 2.62 bits per heavy atom. The molecule has 0 aromatic carbocycles. The molecule has 1 amide bonds. The average molecular weight is 345 g/mol. The zero-order valence-corrected chi connectivity index (χ0v) is 13.3. The van der Waals surface area contributed by atoms with Gasteiger partial charge in [-0.1, -0.05) is 6.92 Å². The van der Waals surface area contributed by atoms with Crippen molar-refractivity contribution in [1.82, 2.24) is 14.8 Å². The van der Waals surface area contributed by atoms with Crippen LogP contribution >= 0.6 is 0 Å². The van der Waals surface area contributed by atoms with Crippen LogP contribution in [0.3, 0.4) is 0 Å². The van der Waals surface area contributed by atoms with Crippen LogP contribution in [0.2, 0.25) is 0 Å². The molecular formula is C13H17F2N5O4. The number of aliphatic hydroxyl groups is 1. The van der Waals surface area contributed by atoms with E-state index in [1.807, 2.05) is 0 Å². The van der Waals surface area contributed by atoms with Gasteiger partial charge in [0.15, 0.2) is 6.04 Å². The Bertz CT molecular complexity index is 705. The van der Waals surface area contributed by atoms with Crippen molar-refractivity contribution >= 4 is 17.4 Å². The second kappa shape index (κ2) is 6.23. The maximum Gasteiger partial charge on any atom is 0.390 e. The molecule has 1 aliphatic heterocycles. The van der Waals surface area contributed by atoms with E-state index in [9.17, 15) is 28.8 Å². The van der Waals surface area contributed by atoms with E-state index < -0.39 is 41.3 Å². The van der Waals surface area contributed by atoms with Crippen molar-refractivity contribution in [3.8, 4) is 0 Å². The van der Waals surface area contributed by atoms with Gasteiger partial charge in [0.1, 0.15) is 0 Å². The lowest BCUT2D eigenvalue weighted by molar-refractivity contribution is -0.389. The summed E-state index contributed by atoms with van der Waals surface area (Å²) in [6.45, 7) is 4.53. The minimum absolute atomic E-state index is 0.128. The number of carbonyl (C=O) groups is 1. The van der Waals surface area contributed by atoms with Crippen molar-refractivity contribution in [2.24, 2.45) is 5.10 Å². The van der Waals surface area contributed by atoms with Crippen LogP contribution in [0.15, 0.2) is 11.2 Å². The number of hydrazone groups is 1. The Morgan fingerprint density at radius 1 is 1.54 bits per heavy atom. The summed E-state index contributed by atoms with van der Waals surface area (Å²) >= 11 is 0. The second-order valence-electron chi connectivity index (χ2n) is 5.61. The molecule has 0 unspecified atom stereocenters. The molecule has 0 aliphatic carbocycles. The van der Waals surface area contributed by atoms with Gasteiger partial charge in [0, 0.05) is 12.1 Å². The number of carbonyl (C=O) groups excluding carboxylic acids is 1. The first-order valence-electron chi connectivity index (χ1n) is 7.21. The van der Waals surface area contributed by atoms with E-state index in [2.05, 4.69) is 10.2 Å². The molecule has 0 saturated heterocycles. The van der Waals surface area contributed by atoms with Gasteiger partial charge >= 0.3 is 5.82 Å². The molecule has 132 valence electrons. The largest absolute Gasteiger partial charge is 0.390 e. The summed E-state index contributed by atoms with van der Waals surface area (Å²) in [6.07, 6.45) is -3.55. The number of nitrogens with zero attached hydrogens (tertiary/aromatic N) is 5. The summed E-state index contributed by atoms with van der Waals surface area (Å²) in [7, 11) is 0. The summed E-state index contributed by atoms with van der Waals surface area (Å²) in [5.41, 5.74) is -2.21. The van der Waals surface area contributed by atoms with Crippen LogP contribution in [0.25, 0.3) is 0 Å². The van der Waals surface area contributed by atoms with E-state index >= 15 is 0 Å². The minimum Gasteiger partial charge on any atom is -0.364 e. The van der Waals surface area contributed by atoms with Crippen LogP contribution in [-0.4, -0.2) is 48.6 Å². The van der Waals surface area contributed by atoms with Crippen LogP contribution < -0.4 is 0 Å². The number of alkyl halides is 2. The third-order valence-corrected chi connectivity index (χ3v) is 3.78. The molecule has 0 fully saturated rings. The molecule has 2 rings (SSSR count). The lowest BCUT2D eigenvalue weighted by Gasteiger charge is -2.31. The number of amides is 1. The van der Waals surface area contributed by atoms with Crippen LogP contribution in [0.4, 0.5) is 14.6 Å². The molecule has 1 N–H and O–H groups in total. The topological polar surface area (TPSA) is 114 Å². The van der Waals surface area contributed by atoms with E-state index in [0.717, 1.165) is 4.68 Å². The fraction of sp³-hybridized carbons (Fsp3) is 0.615. The van der Waals surface area contributed by atoms with Gasteiger partial charge in [-0.2, -0.15) is 14.8 Å². The number of aryl methyl sites for hydroxylation is 1. The second-order valence-corrected chi connectivity index (χ2v) is 5.61. The molecular weight excluding hydrogens is 328 g/mol. The fourth-order valence-electron chi connectivity index (χ4n) is 2.62. The van der Waals surface area contributed by atoms with Crippen molar-refractivity contribution in [2.75, 3.05) is 0 Å². The Labute approximate surface area is 135 Å². The van der Waals surface area contributed by atoms with Gasteiger partial charge in [-0.15, -0.1) is 0 Å². The first-order chi connectivity index (χ1) is 11.1. The highest BCUT2D eigenvalue weighted by Gasteiger charge is 2.52. The Kier molecular flexibility index (Phi) is 4.65. The molecule has 2 heterocycles. The molecule has 24 heavy (non-hydrogen) atoms. The van der Waals surface area contributed by atoms with E-state index in [1.54, 1.807) is 6.92 Å². The fourth-order valence-corrected chi connectivity index (χ4v) is 2.62. The molecule has 0 bridgehead atoms. The molecule has 0 radical (unpaired) electrons. The van der Waals surface area contributed by atoms with Gasteiger partial charge in [-0.25, -0.2) is 8.78 Å². The zero-order valence-electron chi connectivity index (χ0n) is 13.3. The predicted octanol–water partition coefficient (Wildman–Crippen LogP) is 1.61. The van der Waals surface area contributed by atoms with Crippen LogP contribution in [0.1, 0.15) is 38.4 Å². The smallest absolute Gasteiger partial charge is 0.364 e. The van der Waals surface area contributed by atoms with Crippen molar-refractivity contribution in [2.45, 2.75) is 51.8 Å². The quantitative estimate of drug-likeness (QED) is 0.643. The average Bonchev–Trinajstić information content (AvgIpc) is 3.01. The van der Waals surface area contributed by atoms with Gasteiger partial charge in [-0.3, -0.25) is 4.79 Å². The van der Waals surface area contributed by atoms with Gasteiger partial charge in [0.25, 0.3) is 12.3 Å². The number of nitro groups is 1. The highest BCUT2D eigenvalue weighted by molar-refractivity contribution is 5.90. The van der Waals surface area contributed by atoms with Crippen molar-refractivity contribution < 1.29 is 23.6 Å².